The Balaban J connectivity index is 1.68. The molecule has 0 spiro atoms. The zero-order valence-electron chi connectivity index (χ0n) is 22.9. The van der Waals surface area contributed by atoms with E-state index in [4.69, 9.17) is 13.3 Å². The van der Waals surface area contributed by atoms with Crippen LogP contribution in [0.2, 0.25) is 58.9 Å². The Hall–Kier alpha value is -0.409. The predicted molar refractivity (Wildman–Crippen MR) is 147 cm³/mol. The molecule has 186 valence electrons. The van der Waals surface area contributed by atoms with Crippen molar-refractivity contribution in [2.45, 2.75) is 116 Å². The topological polar surface area (TPSA) is 27.7 Å². The van der Waals surface area contributed by atoms with Crippen LogP contribution in [0.3, 0.4) is 0 Å². The molecule has 1 aromatic rings. The lowest BCUT2D eigenvalue weighted by Gasteiger charge is -2.53. The molecule has 1 aromatic carbocycles. The lowest BCUT2D eigenvalue weighted by Crippen LogP contribution is -2.48. The Morgan fingerprint density at radius 3 is 2.06 bits per heavy atom. The predicted octanol–water partition coefficient (Wildman–Crippen LogP) is 8.33. The molecule has 0 radical (unpaired) electrons. The molecule has 0 unspecified atom stereocenters. The SMILES string of the molecule is C[C@]12CC[C@@H]3c4ccc(O[Si](C)(C)C)cc4[C@@H](O[Si](C)(C)C)C[C@H]3[C@@H]1CC[C@@H]2O[Si](C)(C)C. The summed E-state index contributed by atoms with van der Waals surface area (Å²) in [5.74, 6) is 3.15. The molecule has 0 bridgehead atoms. The number of benzene rings is 1. The van der Waals surface area contributed by atoms with Crippen LogP contribution >= 0.6 is 0 Å². The van der Waals surface area contributed by atoms with E-state index in [-0.39, 0.29) is 6.10 Å². The van der Waals surface area contributed by atoms with Gasteiger partial charge in [-0.1, -0.05) is 13.0 Å². The third kappa shape index (κ3) is 5.55. The van der Waals surface area contributed by atoms with Crippen LogP contribution in [0.25, 0.3) is 0 Å². The van der Waals surface area contributed by atoms with Crippen LogP contribution in [0.15, 0.2) is 18.2 Å². The van der Waals surface area contributed by atoms with E-state index >= 15 is 0 Å². The minimum atomic E-state index is -1.68. The van der Waals surface area contributed by atoms with Crippen molar-refractivity contribution in [1.29, 1.82) is 0 Å². The van der Waals surface area contributed by atoms with Crippen LogP contribution in [0, 0.1) is 17.3 Å². The third-order valence-electron chi connectivity index (χ3n) is 8.06. The zero-order chi connectivity index (χ0) is 24.4. The molecule has 3 nitrogen and oxygen atoms in total. The van der Waals surface area contributed by atoms with Crippen molar-refractivity contribution >= 4 is 25.0 Å². The molecule has 3 aliphatic rings. The Kier molecular flexibility index (Phi) is 6.70. The molecule has 2 saturated carbocycles. The molecular weight excluding hydrogens is 457 g/mol. The summed E-state index contributed by atoms with van der Waals surface area (Å²) >= 11 is 0. The van der Waals surface area contributed by atoms with Gasteiger partial charge in [0.25, 0.3) is 0 Å². The van der Waals surface area contributed by atoms with Gasteiger partial charge in [-0.05, 0) is 137 Å². The summed E-state index contributed by atoms with van der Waals surface area (Å²) in [4.78, 5) is 0. The molecule has 4 rings (SSSR count). The van der Waals surface area contributed by atoms with E-state index in [0.29, 0.717) is 23.4 Å². The Morgan fingerprint density at radius 2 is 1.45 bits per heavy atom. The summed E-state index contributed by atoms with van der Waals surface area (Å²) in [5, 5.41) is 0. The van der Waals surface area contributed by atoms with Gasteiger partial charge in [-0.15, -0.1) is 0 Å². The summed E-state index contributed by atoms with van der Waals surface area (Å²) in [6, 6.07) is 6.98. The average Bonchev–Trinajstić information content (AvgIpc) is 2.94. The molecule has 0 N–H and O–H groups in total. The zero-order valence-corrected chi connectivity index (χ0v) is 25.9. The standard InChI is InChI=1S/C27H48O3Si3/c1-27-16-15-21-20-12-11-19(28-31(2,3)4)17-23(20)25(29-32(5,6)7)18-22(21)24(27)13-14-26(27)30-33(8,9)10/h11-12,17,21-22,24-26H,13-16,18H2,1-10H3/t21-,22-,24+,25+,26+,27+/m1/s1. The van der Waals surface area contributed by atoms with E-state index in [9.17, 15) is 0 Å². The maximum Gasteiger partial charge on any atom is 0.242 e. The first-order chi connectivity index (χ1) is 15.1. The Bertz CT molecular complexity index is 867. The number of fused-ring (bicyclic) bond motifs is 5. The summed E-state index contributed by atoms with van der Waals surface area (Å²) in [6.07, 6.45) is 6.95. The van der Waals surface area contributed by atoms with Crippen LogP contribution in [0.4, 0.5) is 0 Å². The second-order valence-electron chi connectivity index (χ2n) is 14.2. The van der Waals surface area contributed by atoms with Gasteiger partial charge in [0.1, 0.15) is 5.75 Å². The molecule has 0 amide bonds. The summed E-state index contributed by atoms with van der Waals surface area (Å²) < 4.78 is 20.1. The van der Waals surface area contributed by atoms with E-state index in [1.807, 2.05) is 0 Å². The number of hydrogen-bond donors (Lipinski definition) is 0. The maximum atomic E-state index is 6.90. The van der Waals surface area contributed by atoms with Crippen molar-refractivity contribution in [3.63, 3.8) is 0 Å². The van der Waals surface area contributed by atoms with E-state index < -0.39 is 25.0 Å². The first-order valence-electron chi connectivity index (χ1n) is 13.2. The van der Waals surface area contributed by atoms with Gasteiger partial charge in [-0.3, -0.25) is 0 Å². The molecule has 6 atom stereocenters. The smallest absolute Gasteiger partial charge is 0.242 e. The highest BCUT2D eigenvalue weighted by Gasteiger charge is 2.57. The molecule has 0 aliphatic heterocycles. The van der Waals surface area contributed by atoms with Crippen LogP contribution in [0.1, 0.15) is 62.2 Å². The van der Waals surface area contributed by atoms with Crippen LogP contribution < -0.4 is 4.43 Å². The van der Waals surface area contributed by atoms with Gasteiger partial charge in [-0.2, -0.15) is 0 Å². The van der Waals surface area contributed by atoms with Crippen LogP contribution in [0.5, 0.6) is 5.75 Å². The first-order valence-corrected chi connectivity index (χ1v) is 23.5. The van der Waals surface area contributed by atoms with Gasteiger partial charge in [-0.25, -0.2) is 0 Å². The first kappa shape index (κ1) is 25.7. The van der Waals surface area contributed by atoms with Gasteiger partial charge in [0, 0.05) is 0 Å². The lowest BCUT2D eigenvalue weighted by molar-refractivity contribution is -0.0283. The largest absolute Gasteiger partial charge is 0.544 e. The minimum Gasteiger partial charge on any atom is -0.544 e. The fourth-order valence-electron chi connectivity index (χ4n) is 7.07. The van der Waals surface area contributed by atoms with Gasteiger partial charge in [0.05, 0.1) is 12.2 Å². The molecule has 33 heavy (non-hydrogen) atoms. The molecule has 3 aliphatic carbocycles. The van der Waals surface area contributed by atoms with E-state index in [1.54, 1.807) is 5.56 Å². The molecule has 2 fully saturated rings. The van der Waals surface area contributed by atoms with Crippen molar-refractivity contribution in [1.82, 2.24) is 0 Å². The maximum absolute atomic E-state index is 6.90. The fraction of sp³-hybridized carbons (Fsp3) is 0.778. The molecular formula is C27H48O3Si3. The van der Waals surface area contributed by atoms with Gasteiger partial charge >= 0.3 is 0 Å². The Morgan fingerprint density at radius 1 is 0.788 bits per heavy atom. The van der Waals surface area contributed by atoms with Crippen molar-refractivity contribution in [3.05, 3.63) is 29.3 Å². The highest BCUT2D eigenvalue weighted by Crippen LogP contribution is 2.63. The van der Waals surface area contributed by atoms with Crippen molar-refractivity contribution in [2.75, 3.05) is 0 Å². The summed E-state index contributed by atoms with van der Waals surface area (Å²) in [5.41, 5.74) is 3.30. The summed E-state index contributed by atoms with van der Waals surface area (Å²) in [7, 11) is -4.88. The van der Waals surface area contributed by atoms with E-state index in [0.717, 1.165) is 18.1 Å². The Labute approximate surface area is 206 Å². The van der Waals surface area contributed by atoms with Crippen molar-refractivity contribution in [2.24, 2.45) is 17.3 Å². The molecule has 6 heteroatoms. The lowest BCUT2D eigenvalue weighted by atomic mass is 9.55. The number of hydrogen-bond acceptors (Lipinski definition) is 3. The van der Waals surface area contributed by atoms with Gasteiger partial charge < -0.3 is 13.3 Å². The quantitative estimate of drug-likeness (QED) is 0.364. The van der Waals surface area contributed by atoms with Crippen molar-refractivity contribution in [3.8, 4) is 5.75 Å². The highest BCUT2D eigenvalue weighted by atomic mass is 28.4. The van der Waals surface area contributed by atoms with Crippen LogP contribution in [-0.4, -0.2) is 31.1 Å². The van der Waals surface area contributed by atoms with Gasteiger partial charge in [0.2, 0.25) is 8.32 Å². The van der Waals surface area contributed by atoms with Gasteiger partial charge in [0.15, 0.2) is 16.6 Å². The third-order valence-corrected chi connectivity index (χ3v) is 10.9. The molecule has 0 heterocycles. The van der Waals surface area contributed by atoms with E-state index in [2.05, 4.69) is 84.0 Å². The average molecular weight is 505 g/mol. The minimum absolute atomic E-state index is 0.206. The van der Waals surface area contributed by atoms with E-state index in [1.165, 1.54) is 31.2 Å². The second kappa shape index (κ2) is 8.61. The second-order valence-corrected chi connectivity index (χ2v) is 27.5. The molecule has 0 saturated heterocycles. The monoisotopic (exact) mass is 504 g/mol. The fourth-order valence-corrected chi connectivity index (χ4v) is 10.2. The van der Waals surface area contributed by atoms with Crippen LogP contribution in [-0.2, 0) is 8.85 Å². The number of rotatable bonds is 6. The highest BCUT2D eigenvalue weighted by molar-refractivity contribution is 6.70. The normalized spacial score (nSPS) is 34.4. The van der Waals surface area contributed by atoms with Crippen molar-refractivity contribution < 1.29 is 13.3 Å². The molecule has 0 aromatic heterocycles. The summed E-state index contributed by atoms with van der Waals surface area (Å²) in [6.45, 7) is 23.4.